The van der Waals surface area contributed by atoms with E-state index in [2.05, 4.69) is 144 Å². The summed E-state index contributed by atoms with van der Waals surface area (Å²) in [6.45, 7) is 0. The maximum Gasteiger partial charge on any atom is 0.0465 e. The highest BCUT2D eigenvalue weighted by atomic mass is 15.1. The Morgan fingerprint density at radius 1 is 0.328 bits per heavy atom. The monoisotopic (exact) mass is 751 g/mol. The van der Waals surface area contributed by atoms with Crippen LogP contribution in [-0.4, -0.2) is 0 Å². The topological polar surface area (TPSA) is 3.24 Å². The fourth-order valence-corrected chi connectivity index (χ4v) is 16.6. The van der Waals surface area contributed by atoms with Crippen LogP contribution in [0.4, 0.5) is 17.1 Å². The molecule has 0 aromatic heterocycles. The Morgan fingerprint density at radius 3 is 1.34 bits per heavy atom. The summed E-state index contributed by atoms with van der Waals surface area (Å²) in [5, 5.41) is 0. The lowest BCUT2D eigenvalue weighted by Gasteiger charge is -2.61. The van der Waals surface area contributed by atoms with Crippen LogP contribution in [0.15, 0.2) is 140 Å². The van der Waals surface area contributed by atoms with Crippen molar-refractivity contribution >= 4 is 17.1 Å². The van der Waals surface area contributed by atoms with Crippen molar-refractivity contribution in [2.75, 3.05) is 4.90 Å². The van der Waals surface area contributed by atoms with Crippen molar-refractivity contribution in [1.29, 1.82) is 0 Å². The lowest BCUT2D eigenvalue weighted by atomic mass is 9.43. The number of benzene rings is 6. The van der Waals surface area contributed by atoms with Gasteiger partial charge >= 0.3 is 0 Å². The second-order valence-electron chi connectivity index (χ2n) is 20.5. The smallest absolute Gasteiger partial charge is 0.0465 e. The number of anilines is 3. The zero-order valence-corrected chi connectivity index (χ0v) is 33.6. The van der Waals surface area contributed by atoms with Gasteiger partial charge in [0, 0.05) is 27.9 Å². The van der Waals surface area contributed by atoms with Crippen molar-refractivity contribution in [2.45, 2.75) is 81.5 Å². The molecular weight excluding hydrogens is 699 g/mol. The molecule has 0 aliphatic heterocycles. The van der Waals surface area contributed by atoms with Crippen molar-refractivity contribution in [3.8, 4) is 33.4 Å². The summed E-state index contributed by atoms with van der Waals surface area (Å²) in [7, 11) is 0. The van der Waals surface area contributed by atoms with Crippen LogP contribution in [0.5, 0.6) is 0 Å². The zero-order valence-electron chi connectivity index (χ0n) is 33.6. The molecule has 6 aromatic rings. The average Bonchev–Trinajstić information content (AvgIpc) is 3.61. The summed E-state index contributed by atoms with van der Waals surface area (Å²) >= 11 is 0. The number of hydrogen-bond acceptors (Lipinski definition) is 1. The molecule has 0 radical (unpaired) electrons. The Kier molecular flexibility index (Phi) is 6.75. The molecule has 8 fully saturated rings. The van der Waals surface area contributed by atoms with Gasteiger partial charge in [-0.15, -0.1) is 0 Å². The first-order chi connectivity index (χ1) is 28.7. The van der Waals surface area contributed by atoms with E-state index in [4.69, 9.17) is 0 Å². The van der Waals surface area contributed by atoms with E-state index in [0.29, 0.717) is 0 Å². The Morgan fingerprint density at radius 2 is 0.759 bits per heavy atom. The van der Waals surface area contributed by atoms with Gasteiger partial charge in [-0.05, 0) is 204 Å². The van der Waals surface area contributed by atoms with Gasteiger partial charge in [0.15, 0.2) is 0 Å². The van der Waals surface area contributed by atoms with Crippen LogP contribution in [0.2, 0.25) is 0 Å². The maximum absolute atomic E-state index is 2.71. The number of hydrogen-bond donors (Lipinski definition) is 0. The maximum atomic E-state index is 2.71. The van der Waals surface area contributed by atoms with Crippen LogP contribution < -0.4 is 4.90 Å². The molecule has 8 bridgehead atoms. The lowest BCUT2D eigenvalue weighted by Crippen LogP contribution is -2.55. The van der Waals surface area contributed by atoms with Gasteiger partial charge in [0.05, 0.1) is 0 Å². The normalized spacial score (nSPS) is 33.6. The van der Waals surface area contributed by atoms with Crippen molar-refractivity contribution in [3.63, 3.8) is 0 Å². The van der Waals surface area contributed by atoms with Crippen LogP contribution in [0, 0.1) is 47.3 Å². The fourth-order valence-electron chi connectivity index (χ4n) is 16.6. The van der Waals surface area contributed by atoms with Crippen molar-refractivity contribution < 1.29 is 0 Å². The Bertz CT molecular complexity index is 2600. The molecule has 5 atom stereocenters. The molecular formula is C57H53N. The van der Waals surface area contributed by atoms with Gasteiger partial charge in [-0.1, -0.05) is 110 Å². The fraction of sp³-hybridized carbons (Fsp3) is 0.368. The van der Waals surface area contributed by atoms with E-state index >= 15 is 0 Å². The summed E-state index contributed by atoms with van der Waals surface area (Å²) in [6.07, 6.45) is 15.7. The van der Waals surface area contributed by atoms with E-state index < -0.39 is 0 Å². The van der Waals surface area contributed by atoms with Gasteiger partial charge in [-0.3, -0.25) is 0 Å². The van der Waals surface area contributed by atoms with Crippen molar-refractivity contribution in [3.05, 3.63) is 162 Å². The summed E-state index contributed by atoms with van der Waals surface area (Å²) in [5.74, 6) is 6.68. The molecule has 16 rings (SSSR count). The molecule has 58 heavy (non-hydrogen) atoms. The summed E-state index contributed by atoms with van der Waals surface area (Å²) < 4.78 is 0. The summed E-state index contributed by atoms with van der Waals surface area (Å²) in [6, 6.07) is 55.1. The summed E-state index contributed by atoms with van der Waals surface area (Å²) in [5.41, 5.74) is 19.3. The molecule has 0 N–H and O–H groups in total. The Labute approximate surface area is 344 Å². The molecule has 2 spiro atoms. The Hall–Kier alpha value is -4.88. The predicted molar refractivity (Wildman–Crippen MR) is 238 cm³/mol. The van der Waals surface area contributed by atoms with Gasteiger partial charge in [-0.2, -0.15) is 0 Å². The molecule has 8 saturated carbocycles. The van der Waals surface area contributed by atoms with Gasteiger partial charge in [0.2, 0.25) is 0 Å². The second-order valence-corrected chi connectivity index (χ2v) is 20.5. The zero-order chi connectivity index (χ0) is 37.7. The van der Waals surface area contributed by atoms with E-state index in [0.717, 1.165) is 47.3 Å². The van der Waals surface area contributed by atoms with E-state index in [-0.39, 0.29) is 10.8 Å². The quantitative estimate of drug-likeness (QED) is 0.173. The van der Waals surface area contributed by atoms with Crippen molar-refractivity contribution in [2.24, 2.45) is 47.3 Å². The molecule has 6 aromatic carbocycles. The highest BCUT2D eigenvalue weighted by Crippen LogP contribution is 2.71. The lowest BCUT2D eigenvalue weighted by molar-refractivity contribution is -0.0399. The first kappa shape index (κ1) is 33.0. The van der Waals surface area contributed by atoms with E-state index in [9.17, 15) is 0 Å². The molecule has 1 heteroatoms. The minimum atomic E-state index is 0.125. The minimum absolute atomic E-state index is 0.125. The average molecular weight is 752 g/mol. The number of nitrogens with zero attached hydrogens (tertiary/aromatic N) is 1. The highest BCUT2D eigenvalue weighted by Gasteiger charge is 2.62. The third-order valence-corrected chi connectivity index (χ3v) is 18.1. The second kappa shape index (κ2) is 11.9. The van der Waals surface area contributed by atoms with Crippen LogP contribution >= 0.6 is 0 Å². The molecule has 286 valence electrons. The van der Waals surface area contributed by atoms with Crippen molar-refractivity contribution in [1.82, 2.24) is 0 Å². The predicted octanol–water partition coefficient (Wildman–Crippen LogP) is 14.7. The first-order valence-electron chi connectivity index (χ1n) is 23.1. The van der Waals surface area contributed by atoms with Gasteiger partial charge < -0.3 is 4.90 Å². The van der Waals surface area contributed by atoms with Crippen LogP contribution in [0.25, 0.3) is 33.4 Å². The largest absolute Gasteiger partial charge is 0.310 e. The van der Waals surface area contributed by atoms with Crippen LogP contribution in [-0.2, 0) is 10.8 Å². The number of fused-ring (bicyclic) bond motifs is 7. The van der Waals surface area contributed by atoms with Crippen LogP contribution in [0.3, 0.4) is 0 Å². The summed E-state index contributed by atoms with van der Waals surface area (Å²) in [4.78, 5) is 2.66. The van der Waals surface area contributed by atoms with Gasteiger partial charge in [0.1, 0.15) is 0 Å². The van der Waals surface area contributed by atoms with E-state index in [1.54, 1.807) is 22.3 Å². The molecule has 10 aliphatic rings. The van der Waals surface area contributed by atoms with E-state index in [1.807, 2.05) is 0 Å². The third kappa shape index (κ3) is 4.24. The number of rotatable bonds is 4. The SMILES string of the molecule is c1ccc(-c2ccc(N(c3ccc4c(c3)C3(c5ccccc5-4)C4CCC5CC(C4)CC3C5)c3ccc4c(c3)C3(c5ccccc5-4)C4CC5CC(C4)CC3C5)cc2)cc1. The molecule has 1 nitrogen and oxygen atoms in total. The third-order valence-electron chi connectivity index (χ3n) is 18.1. The molecule has 5 unspecified atom stereocenters. The standard InChI is InChI=1S/C57H53N/c1-2-8-39(9-3-1)40-15-18-45(19-16-40)58(47-21-23-51-49-11-5-7-13-53(49)57(55(51)34-47)43-29-37-25-38(31-43)32-44(57)30-37)46-20-22-50-48-10-4-6-12-52(48)56(54(50)33-46)41-17-14-35-24-36(27-41)28-42(56)26-35/h1-13,15-16,18-23,33-38,41-44H,14,17,24-32H2. The molecule has 0 saturated heterocycles. The highest BCUT2D eigenvalue weighted by molar-refractivity contribution is 5.89. The minimum Gasteiger partial charge on any atom is -0.310 e. The van der Waals surface area contributed by atoms with E-state index in [1.165, 1.54) is 121 Å². The van der Waals surface area contributed by atoms with Gasteiger partial charge in [-0.25, -0.2) is 0 Å². The molecule has 0 amide bonds. The van der Waals surface area contributed by atoms with Gasteiger partial charge in [0.25, 0.3) is 0 Å². The van der Waals surface area contributed by atoms with Crippen LogP contribution in [0.1, 0.15) is 92.9 Å². The first-order valence-corrected chi connectivity index (χ1v) is 23.1. The molecule has 0 heterocycles. The Balaban J connectivity index is 0.976. The molecule has 10 aliphatic carbocycles.